The third-order valence-electron chi connectivity index (χ3n) is 25.3. The number of hydrogen-bond donors (Lipinski definition) is 2. The lowest BCUT2D eigenvalue weighted by Crippen LogP contribution is -2.67. The van der Waals surface area contributed by atoms with Crippen LogP contribution in [-0.4, -0.2) is 197 Å². The van der Waals surface area contributed by atoms with E-state index < -0.39 is 213 Å². The van der Waals surface area contributed by atoms with Crippen molar-refractivity contribution in [3.8, 4) is 0 Å². The van der Waals surface area contributed by atoms with Crippen molar-refractivity contribution in [3.63, 3.8) is 0 Å². The third-order valence-corrected chi connectivity index (χ3v) is 25.3. The van der Waals surface area contributed by atoms with Crippen LogP contribution in [0.1, 0.15) is 310 Å². The molecule has 7 rings (SSSR count). The summed E-state index contributed by atoms with van der Waals surface area (Å²) in [6, 6.07) is 14.4. The highest BCUT2D eigenvalue weighted by molar-refractivity contribution is 5.90. The van der Waals surface area contributed by atoms with E-state index >= 15 is 4.79 Å². The number of cyclic esters (lactones) is 2. The number of benzene rings is 2. The van der Waals surface area contributed by atoms with Crippen LogP contribution in [0.4, 0.5) is 0 Å². The molecule has 5 aliphatic heterocycles. The van der Waals surface area contributed by atoms with Gasteiger partial charge in [0.15, 0.2) is 25.0 Å². The summed E-state index contributed by atoms with van der Waals surface area (Å²) < 4.78 is 105. The monoisotopic (exact) mass is 1760 g/mol. The number of unbranched alkanes of at least 4 members (excludes halogenated alkanes) is 25. The van der Waals surface area contributed by atoms with E-state index in [0.717, 1.165) is 58.5 Å². The van der Waals surface area contributed by atoms with Crippen molar-refractivity contribution in [1.82, 2.24) is 10.6 Å². The molecule has 0 aliphatic carbocycles. The van der Waals surface area contributed by atoms with Crippen LogP contribution >= 0.6 is 0 Å². The first-order valence-electron chi connectivity index (χ1n) is 46.9. The molecule has 2 N–H and O–H groups in total. The maximum Gasteiger partial charge on any atom is 0.366 e. The molecule has 0 aromatic heterocycles. The van der Waals surface area contributed by atoms with Crippen LogP contribution in [0.5, 0.6) is 0 Å². The lowest BCUT2D eigenvalue weighted by Gasteiger charge is -2.54. The number of ether oxygens (including phenoxy) is 16. The molecule has 125 heavy (non-hydrogen) atoms. The van der Waals surface area contributed by atoms with E-state index in [2.05, 4.69) is 24.5 Å². The number of hydrogen-bond acceptors (Lipinski definition) is 26. The van der Waals surface area contributed by atoms with Gasteiger partial charge in [0.25, 0.3) is 5.79 Å². The van der Waals surface area contributed by atoms with E-state index in [1.807, 2.05) is 33.8 Å². The maximum atomic E-state index is 15.4. The van der Waals surface area contributed by atoms with Gasteiger partial charge in [0.2, 0.25) is 11.8 Å². The Kier molecular flexibility index (Phi) is 47.0. The second kappa shape index (κ2) is 56.1. The highest BCUT2D eigenvalue weighted by atomic mass is 16.8. The molecule has 28 nitrogen and oxygen atoms in total. The first-order valence-corrected chi connectivity index (χ1v) is 46.9. The van der Waals surface area contributed by atoms with Crippen LogP contribution in [-0.2, 0) is 114 Å². The van der Waals surface area contributed by atoms with Gasteiger partial charge in [-0.25, -0.2) is 14.4 Å². The highest BCUT2D eigenvalue weighted by Gasteiger charge is 2.61. The minimum Gasteiger partial charge on any atom is -0.465 e. The molecule has 0 spiro atoms. The number of allylic oxidation sites excluding steroid dienone is 1. The Labute approximate surface area is 742 Å². The lowest BCUT2D eigenvalue weighted by atomic mass is 9.76. The second-order valence-electron chi connectivity index (χ2n) is 35.4. The molecular weight excluding hydrogens is 1610 g/mol. The van der Waals surface area contributed by atoms with Gasteiger partial charge in [-0.15, -0.1) is 0 Å². The van der Waals surface area contributed by atoms with Crippen LogP contribution in [0.3, 0.4) is 0 Å². The fraction of sp³-hybridized carbons (Fsp3) is 0.753. The summed E-state index contributed by atoms with van der Waals surface area (Å²) in [5.74, 6) is -14.1. The molecule has 7 unspecified atom stereocenters. The molecule has 2 aromatic carbocycles. The predicted octanol–water partition coefficient (Wildman–Crippen LogP) is 16.3. The van der Waals surface area contributed by atoms with Crippen molar-refractivity contribution in [2.45, 2.75) is 387 Å². The van der Waals surface area contributed by atoms with Gasteiger partial charge in [-0.3, -0.25) is 33.6 Å². The molecule has 23 atom stereocenters. The fourth-order valence-corrected chi connectivity index (χ4v) is 17.4. The van der Waals surface area contributed by atoms with Crippen molar-refractivity contribution >= 4 is 59.6 Å². The SMILES string of the molecule is CCCCCCCCCCCCC/C=C/[C@H]1OC(=O)CCC(=O)OC[C@@H]2O[C@@H](OC[C@@H]1NC(=O)CCCCCCCCCCCCCCCCC)C(OC(=O)c1ccccc1)C(C)[C@@H]2O[C@@H]1OC(COC(=O)c2ccccc2)[C@H](O[C@@H]2OC(COC(C)=O)[C@H](C)[C@H](C)C2NC(C)=O)[C@H](O[C@]2(C(=O)OC)CC(C)[C@@H](C)[C@H]([C@H](C)[C@@H](COC(C)=O)OC(C)=O)O2)C1C. The van der Waals surface area contributed by atoms with Crippen LogP contribution in [0, 0.1) is 41.4 Å². The lowest BCUT2D eigenvalue weighted by molar-refractivity contribution is -0.389. The first kappa shape index (κ1) is 105. The van der Waals surface area contributed by atoms with Crippen molar-refractivity contribution in [2.75, 3.05) is 40.1 Å². The normalized spacial score (nSPS) is 29.0. The molecule has 5 heterocycles. The summed E-state index contributed by atoms with van der Waals surface area (Å²) >= 11 is 0. The van der Waals surface area contributed by atoms with Crippen molar-refractivity contribution in [1.29, 1.82) is 0 Å². The summed E-state index contributed by atoms with van der Waals surface area (Å²) in [6.07, 6.45) is 16.1. The van der Waals surface area contributed by atoms with Crippen molar-refractivity contribution in [2.24, 2.45) is 41.4 Å². The Balaban J connectivity index is 1.30. The Morgan fingerprint density at radius 3 is 1.63 bits per heavy atom. The van der Waals surface area contributed by atoms with E-state index in [0.29, 0.717) is 12.8 Å². The number of carbonyl (C=O) groups is 10. The molecular formula is C97H150N2O26. The summed E-state index contributed by atoms with van der Waals surface area (Å²) in [7, 11) is 1.15. The summed E-state index contributed by atoms with van der Waals surface area (Å²) in [6.45, 7) is 19.9. The number of nitrogens with one attached hydrogen (secondary N) is 2. The van der Waals surface area contributed by atoms with Crippen LogP contribution in [0.2, 0.25) is 0 Å². The van der Waals surface area contributed by atoms with Crippen molar-refractivity contribution < 1.29 is 124 Å². The zero-order chi connectivity index (χ0) is 90.8. The minimum absolute atomic E-state index is 0.156. The quantitative estimate of drug-likeness (QED) is 0.0269. The van der Waals surface area contributed by atoms with Crippen LogP contribution < -0.4 is 10.6 Å². The highest BCUT2D eigenvalue weighted by Crippen LogP contribution is 2.47. The molecule has 5 fully saturated rings. The standard InChI is InChI=1S/C97H150N2O26/c1-15-17-19-21-23-25-27-29-30-32-34-36-38-40-48-54-82(104)99-76-58-115-95-89(121-92(108)75-51-45-42-46-52-75)68(8)87(80(120-95)61-113-83(105)55-56-84(106)117-77(76)53-47-39-37-35-33-31-28-26-24-22-20-18-16-2)122-93-69(9)88(125-97(96(109)110-14)57-63(3)64(4)86(124-97)67(7)79(116-73(13)103)60-112-72(12)102)90(81(119-93)62-114-91(107)74-49-43-41-44-50-74)123-94-85(98-70(10)100)66(6)65(5)78(118-94)59-111-71(11)101/h41-47,49-53,63-69,76-81,85-90,93-95H,15-40,48,54-62H2,1-14H3,(H,98,100)(H,99,104)/b53-47+/t63?,64-,65-,66+,67-,68?,69?,76+,77-,78?,79-,80+,81?,85?,86-,87+,88-,89?,90+,93+,94+,95-,97+/m1/s1. The summed E-state index contributed by atoms with van der Waals surface area (Å²) in [5.41, 5.74) is 0.320. The average Bonchev–Trinajstić information content (AvgIpc) is 0.743. The van der Waals surface area contributed by atoms with E-state index in [-0.39, 0.29) is 55.6 Å². The molecule has 28 heteroatoms. The van der Waals surface area contributed by atoms with Crippen LogP contribution in [0.25, 0.3) is 0 Å². The van der Waals surface area contributed by atoms with Gasteiger partial charge in [0.1, 0.15) is 56.9 Å². The second-order valence-corrected chi connectivity index (χ2v) is 35.4. The molecule has 0 radical (unpaired) electrons. The largest absolute Gasteiger partial charge is 0.465 e. The molecule has 2 bridgehead atoms. The number of methoxy groups -OCH3 is 1. The van der Waals surface area contributed by atoms with E-state index in [9.17, 15) is 43.2 Å². The fourth-order valence-electron chi connectivity index (χ4n) is 17.4. The number of esters is 8. The Morgan fingerprint density at radius 1 is 0.536 bits per heavy atom. The Hall–Kier alpha value is -7.44. The number of fused-ring (bicyclic) bond motifs is 2. The summed E-state index contributed by atoms with van der Waals surface area (Å²) in [5, 5.41) is 6.17. The van der Waals surface area contributed by atoms with Gasteiger partial charge in [-0.05, 0) is 73.3 Å². The van der Waals surface area contributed by atoms with Gasteiger partial charge in [-0.1, -0.05) is 259 Å². The average molecular weight is 1760 g/mol. The Bertz CT molecular complexity index is 3580. The van der Waals surface area contributed by atoms with E-state index in [1.54, 1.807) is 87.5 Å². The van der Waals surface area contributed by atoms with E-state index in [4.69, 9.17) is 75.8 Å². The smallest absolute Gasteiger partial charge is 0.366 e. The van der Waals surface area contributed by atoms with E-state index in [1.165, 1.54) is 137 Å². The van der Waals surface area contributed by atoms with Gasteiger partial charge in [0.05, 0.1) is 74.2 Å². The predicted molar refractivity (Wildman–Crippen MR) is 466 cm³/mol. The minimum atomic E-state index is -2.42. The topological polar surface area (TPSA) is 342 Å². The molecule has 0 saturated carbocycles. The molecule has 5 aliphatic rings. The van der Waals surface area contributed by atoms with Gasteiger partial charge in [0, 0.05) is 58.3 Å². The van der Waals surface area contributed by atoms with Gasteiger partial charge >= 0.3 is 47.8 Å². The molecule has 704 valence electrons. The zero-order valence-electron chi connectivity index (χ0n) is 77.2. The number of carbonyl (C=O) groups excluding carboxylic acids is 10. The number of rotatable bonds is 50. The molecule has 2 amide bonds. The van der Waals surface area contributed by atoms with Crippen LogP contribution in [0.15, 0.2) is 72.8 Å². The van der Waals surface area contributed by atoms with Gasteiger partial charge in [-0.2, -0.15) is 0 Å². The maximum absolute atomic E-state index is 15.4. The summed E-state index contributed by atoms with van der Waals surface area (Å²) in [4.78, 5) is 139. The Morgan fingerprint density at radius 2 is 1.07 bits per heavy atom. The number of amides is 2. The zero-order valence-corrected chi connectivity index (χ0v) is 77.2. The third kappa shape index (κ3) is 34.8. The first-order chi connectivity index (χ1) is 60.1. The van der Waals surface area contributed by atoms with Crippen molar-refractivity contribution in [3.05, 3.63) is 83.9 Å². The molecule has 2 aromatic rings. The molecule has 5 saturated heterocycles. The van der Waals surface area contributed by atoms with Gasteiger partial charge < -0.3 is 86.4 Å².